The predicted molar refractivity (Wildman–Crippen MR) is 73.7 cm³/mol. The summed E-state index contributed by atoms with van der Waals surface area (Å²) < 4.78 is 18.6. The molecular formula is C15H14FNO3. The van der Waals surface area contributed by atoms with Crippen molar-refractivity contribution in [1.29, 1.82) is 0 Å². The molecule has 2 rings (SSSR count). The summed E-state index contributed by atoms with van der Waals surface area (Å²) >= 11 is 0. The van der Waals surface area contributed by atoms with Gasteiger partial charge in [0.15, 0.2) is 0 Å². The number of carbonyl (C=O) groups is 1. The van der Waals surface area contributed by atoms with Crippen molar-refractivity contribution in [2.45, 2.75) is 6.54 Å². The van der Waals surface area contributed by atoms with Gasteiger partial charge in [-0.1, -0.05) is 0 Å². The van der Waals surface area contributed by atoms with Gasteiger partial charge in [-0.25, -0.2) is 9.18 Å². The van der Waals surface area contributed by atoms with Gasteiger partial charge in [0.05, 0.1) is 12.7 Å². The standard InChI is InChI=1S/C15H14FNO3/c1-20-13-5-3-12(4-6-13)17-9-11-8-10(15(18)19)2-7-14(11)16/h2-8,17H,9H2,1H3,(H,18,19). The summed E-state index contributed by atoms with van der Waals surface area (Å²) in [7, 11) is 1.58. The van der Waals surface area contributed by atoms with E-state index in [-0.39, 0.29) is 12.1 Å². The second-order valence-electron chi connectivity index (χ2n) is 4.19. The van der Waals surface area contributed by atoms with Crippen LogP contribution < -0.4 is 10.1 Å². The van der Waals surface area contributed by atoms with E-state index in [0.717, 1.165) is 17.5 Å². The summed E-state index contributed by atoms with van der Waals surface area (Å²) in [4.78, 5) is 10.9. The largest absolute Gasteiger partial charge is 0.497 e. The Kier molecular flexibility index (Phi) is 4.20. The Morgan fingerprint density at radius 2 is 1.95 bits per heavy atom. The Labute approximate surface area is 115 Å². The number of rotatable bonds is 5. The van der Waals surface area contributed by atoms with Crippen LogP contribution in [0.25, 0.3) is 0 Å². The average molecular weight is 275 g/mol. The first-order chi connectivity index (χ1) is 9.60. The number of hydrogen-bond donors (Lipinski definition) is 2. The number of hydrogen-bond acceptors (Lipinski definition) is 3. The lowest BCUT2D eigenvalue weighted by atomic mass is 10.1. The average Bonchev–Trinajstić information content (AvgIpc) is 2.46. The van der Waals surface area contributed by atoms with E-state index in [1.54, 1.807) is 31.4 Å². The number of halogens is 1. The zero-order chi connectivity index (χ0) is 14.5. The topological polar surface area (TPSA) is 58.6 Å². The molecule has 0 saturated heterocycles. The highest BCUT2D eigenvalue weighted by Gasteiger charge is 2.08. The normalized spacial score (nSPS) is 10.1. The second kappa shape index (κ2) is 6.06. The molecule has 2 aromatic rings. The third-order valence-corrected chi connectivity index (χ3v) is 2.87. The summed E-state index contributed by atoms with van der Waals surface area (Å²) in [5.41, 5.74) is 1.17. The number of nitrogens with one attached hydrogen (secondary N) is 1. The molecule has 0 fully saturated rings. The molecule has 2 aromatic carbocycles. The lowest BCUT2D eigenvalue weighted by Crippen LogP contribution is -2.05. The number of carboxylic acids is 1. The summed E-state index contributed by atoms with van der Waals surface area (Å²) in [6.07, 6.45) is 0. The van der Waals surface area contributed by atoms with Gasteiger partial charge in [-0.2, -0.15) is 0 Å². The van der Waals surface area contributed by atoms with Crippen LogP contribution in [0.5, 0.6) is 5.75 Å². The Balaban J connectivity index is 2.09. The highest BCUT2D eigenvalue weighted by Crippen LogP contribution is 2.17. The molecule has 0 atom stereocenters. The van der Waals surface area contributed by atoms with Crippen LogP contribution >= 0.6 is 0 Å². The van der Waals surface area contributed by atoms with Crippen LogP contribution in [0.1, 0.15) is 15.9 Å². The number of carboxylic acid groups (broad SMARTS) is 1. The summed E-state index contributed by atoms with van der Waals surface area (Å²) in [6, 6.07) is 10.9. The fraction of sp³-hybridized carbons (Fsp3) is 0.133. The molecule has 4 nitrogen and oxygen atoms in total. The van der Waals surface area contributed by atoms with E-state index in [1.165, 1.54) is 12.1 Å². The van der Waals surface area contributed by atoms with Crippen LogP contribution in [0.3, 0.4) is 0 Å². The van der Waals surface area contributed by atoms with Crippen LogP contribution in [-0.4, -0.2) is 18.2 Å². The SMILES string of the molecule is COc1ccc(NCc2cc(C(=O)O)ccc2F)cc1. The number of anilines is 1. The molecule has 0 amide bonds. The Morgan fingerprint density at radius 3 is 2.55 bits per heavy atom. The lowest BCUT2D eigenvalue weighted by Gasteiger charge is -2.09. The third-order valence-electron chi connectivity index (χ3n) is 2.87. The summed E-state index contributed by atoms with van der Waals surface area (Å²) in [6.45, 7) is 0.208. The smallest absolute Gasteiger partial charge is 0.335 e. The fourth-order valence-corrected chi connectivity index (χ4v) is 1.75. The van der Waals surface area contributed by atoms with Gasteiger partial charge in [0, 0.05) is 17.8 Å². The van der Waals surface area contributed by atoms with Crippen LogP contribution in [0.15, 0.2) is 42.5 Å². The zero-order valence-electron chi connectivity index (χ0n) is 10.9. The van der Waals surface area contributed by atoms with Gasteiger partial charge in [-0.3, -0.25) is 0 Å². The molecule has 0 unspecified atom stereocenters. The van der Waals surface area contributed by atoms with Gasteiger partial charge in [-0.15, -0.1) is 0 Å². The number of benzene rings is 2. The first-order valence-electron chi connectivity index (χ1n) is 6.00. The third kappa shape index (κ3) is 3.26. The maximum atomic E-state index is 13.6. The van der Waals surface area contributed by atoms with Crippen molar-refractivity contribution in [3.05, 3.63) is 59.4 Å². The van der Waals surface area contributed by atoms with E-state index in [0.29, 0.717) is 5.56 Å². The van der Waals surface area contributed by atoms with Crippen LogP contribution in [0.4, 0.5) is 10.1 Å². The van der Waals surface area contributed by atoms with Crippen molar-refractivity contribution in [3.63, 3.8) is 0 Å². The summed E-state index contributed by atoms with van der Waals surface area (Å²) in [5.74, 6) is -0.777. The van der Waals surface area contributed by atoms with Crippen molar-refractivity contribution >= 4 is 11.7 Å². The van der Waals surface area contributed by atoms with Gasteiger partial charge >= 0.3 is 5.97 Å². The van der Waals surface area contributed by atoms with Crippen molar-refractivity contribution in [1.82, 2.24) is 0 Å². The molecule has 0 spiro atoms. The van der Waals surface area contributed by atoms with Crippen molar-refractivity contribution in [2.24, 2.45) is 0 Å². The molecule has 0 aliphatic heterocycles. The van der Waals surface area contributed by atoms with Gasteiger partial charge < -0.3 is 15.2 Å². The molecule has 0 aliphatic rings. The van der Waals surface area contributed by atoms with Gasteiger partial charge in [0.1, 0.15) is 11.6 Å². The van der Waals surface area contributed by atoms with E-state index in [4.69, 9.17) is 9.84 Å². The Bertz CT molecular complexity index is 611. The molecule has 0 radical (unpaired) electrons. The molecule has 0 bridgehead atoms. The maximum absolute atomic E-state index is 13.6. The molecule has 104 valence electrons. The second-order valence-corrected chi connectivity index (χ2v) is 4.19. The van der Waals surface area contributed by atoms with Crippen molar-refractivity contribution in [3.8, 4) is 5.75 Å². The number of methoxy groups -OCH3 is 1. The fourth-order valence-electron chi connectivity index (χ4n) is 1.75. The van der Waals surface area contributed by atoms with E-state index < -0.39 is 11.8 Å². The minimum atomic E-state index is -1.07. The predicted octanol–water partition coefficient (Wildman–Crippen LogP) is 3.14. The van der Waals surface area contributed by atoms with Crippen LogP contribution in [-0.2, 0) is 6.54 Å². The number of aromatic carboxylic acids is 1. The monoisotopic (exact) mass is 275 g/mol. The molecule has 2 N–H and O–H groups in total. The highest BCUT2D eigenvalue weighted by atomic mass is 19.1. The van der Waals surface area contributed by atoms with E-state index in [2.05, 4.69) is 5.32 Å². The quantitative estimate of drug-likeness (QED) is 0.880. The highest BCUT2D eigenvalue weighted by molar-refractivity contribution is 5.87. The molecule has 5 heteroatoms. The minimum absolute atomic E-state index is 0.0675. The lowest BCUT2D eigenvalue weighted by molar-refractivity contribution is 0.0696. The van der Waals surface area contributed by atoms with Crippen LogP contribution in [0, 0.1) is 5.82 Å². The first-order valence-corrected chi connectivity index (χ1v) is 6.00. The molecule has 20 heavy (non-hydrogen) atoms. The zero-order valence-corrected chi connectivity index (χ0v) is 10.9. The van der Waals surface area contributed by atoms with E-state index >= 15 is 0 Å². The molecule has 0 saturated carbocycles. The molecule has 0 heterocycles. The van der Waals surface area contributed by atoms with E-state index in [9.17, 15) is 9.18 Å². The molecular weight excluding hydrogens is 261 g/mol. The van der Waals surface area contributed by atoms with Gasteiger partial charge in [0.2, 0.25) is 0 Å². The number of ether oxygens (including phenoxy) is 1. The molecule has 0 aliphatic carbocycles. The minimum Gasteiger partial charge on any atom is -0.497 e. The van der Waals surface area contributed by atoms with Crippen LogP contribution in [0.2, 0.25) is 0 Å². The molecule has 0 aromatic heterocycles. The van der Waals surface area contributed by atoms with Crippen molar-refractivity contribution in [2.75, 3.05) is 12.4 Å². The van der Waals surface area contributed by atoms with Gasteiger partial charge in [0.25, 0.3) is 0 Å². The first kappa shape index (κ1) is 13.9. The summed E-state index contributed by atoms with van der Waals surface area (Å²) in [5, 5.41) is 11.9. The maximum Gasteiger partial charge on any atom is 0.335 e. The Hall–Kier alpha value is -2.56. The van der Waals surface area contributed by atoms with E-state index in [1.807, 2.05) is 0 Å². The van der Waals surface area contributed by atoms with Crippen molar-refractivity contribution < 1.29 is 19.0 Å². The van der Waals surface area contributed by atoms with Gasteiger partial charge in [-0.05, 0) is 42.5 Å². The Morgan fingerprint density at radius 1 is 1.25 bits per heavy atom.